The summed E-state index contributed by atoms with van der Waals surface area (Å²) in [5.74, 6) is 0.837. The summed E-state index contributed by atoms with van der Waals surface area (Å²) in [5.41, 5.74) is 2.36. The summed E-state index contributed by atoms with van der Waals surface area (Å²) >= 11 is 0. The number of aliphatic hydroxyl groups is 1. The van der Waals surface area contributed by atoms with Gasteiger partial charge in [0.25, 0.3) is 0 Å². The number of hydrogen-bond acceptors (Lipinski definition) is 3. The van der Waals surface area contributed by atoms with Crippen LogP contribution in [0.3, 0.4) is 0 Å². The number of methoxy groups -OCH3 is 1. The van der Waals surface area contributed by atoms with Crippen molar-refractivity contribution in [2.45, 2.75) is 25.4 Å². The van der Waals surface area contributed by atoms with Gasteiger partial charge in [-0.25, -0.2) is 0 Å². The van der Waals surface area contributed by atoms with Crippen LogP contribution in [0.25, 0.3) is 0 Å². The van der Waals surface area contributed by atoms with E-state index in [0.29, 0.717) is 0 Å². The van der Waals surface area contributed by atoms with Crippen LogP contribution in [0.5, 0.6) is 5.75 Å². The van der Waals surface area contributed by atoms with Gasteiger partial charge in [-0.1, -0.05) is 6.07 Å². The molecule has 0 radical (unpaired) electrons. The van der Waals surface area contributed by atoms with Crippen LogP contribution >= 0.6 is 0 Å². The second kappa shape index (κ2) is 4.00. The third kappa shape index (κ3) is 1.65. The average Bonchev–Trinajstić information content (AvgIpc) is 2.63. The summed E-state index contributed by atoms with van der Waals surface area (Å²) in [5, 5.41) is 14.0. The van der Waals surface area contributed by atoms with Gasteiger partial charge in [0.1, 0.15) is 5.75 Å². The van der Waals surface area contributed by atoms with E-state index in [1.165, 1.54) is 5.56 Å². The van der Waals surface area contributed by atoms with Crippen LogP contribution in [0.15, 0.2) is 18.2 Å². The summed E-state index contributed by atoms with van der Waals surface area (Å²) in [6.45, 7) is 2.00. The van der Waals surface area contributed by atoms with E-state index < -0.39 is 0 Å². The first-order valence-corrected chi connectivity index (χ1v) is 6.31. The third-order valence-electron chi connectivity index (χ3n) is 4.28. The Balaban J connectivity index is 1.96. The van der Waals surface area contributed by atoms with Crippen molar-refractivity contribution in [2.24, 2.45) is 5.41 Å². The molecular weight excluding hydrogens is 214 g/mol. The van der Waals surface area contributed by atoms with E-state index in [-0.39, 0.29) is 11.5 Å². The van der Waals surface area contributed by atoms with Gasteiger partial charge in [-0.2, -0.15) is 0 Å². The van der Waals surface area contributed by atoms with Crippen LogP contribution in [0.2, 0.25) is 0 Å². The van der Waals surface area contributed by atoms with Gasteiger partial charge in [0.05, 0.1) is 13.2 Å². The molecule has 1 aromatic rings. The first-order valence-electron chi connectivity index (χ1n) is 6.31. The van der Waals surface area contributed by atoms with Crippen LogP contribution in [-0.2, 0) is 6.42 Å². The van der Waals surface area contributed by atoms with Gasteiger partial charge in [0, 0.05) is 12.0 Å². The first-order chi connectivity index (χ1) is 8.25. The Morgan fingerprint density at radius 2 is 2.35 bits per heavy atom. The van der Waals surface area contributed by atoms with Gasteiger partial charge in [-0.15, -0.1) is 0 Å². The topological polar surface area (TPSA) is 41.5 Å². The maximum absolute atomic E-state index is 10.6. The Hall–Kier alpha value is -1.06. The predicted octanol–water partition coefficient (Wildman–Crippen LogP) is 1.65. The molecule has 3 nitrogen and oxygen atoms in total. The zero-order valence-electron chi connectivity index (χ0n) is 10.2. The van der Waals surface area contributed by atoms with E-state index in [2.05, 4.69) is 11.4 Å². The lowest BCUT2D eigenvalue weighted by Gasteiger charge is -2.37. The number of hydrogen-bond donors (Lipinski definition) is 2. The van der Waals surface area contributed by atoms with Crippen molar-refractivity contribution in [3.63, 3.8) is 0 Å². The number of rotatable bonds is 1. The number of aliphatic hydroxyl groups excluding tert-OH is 1. The number of ether oxygens (including phenoxy) is 1. The van der Waals surface area contributed by atoms with E-state index in [9.17, 15) is 5.11 Å². The van der Waals surface area contributed by atoms with Crippen molar-refractivity contribution in [2.75, 3.05) is 20.2 Å². The van der Waals surface area contributed by atoms with E-state index >= 15 is 0 Å². The van der Waals surface area contributed by atoms with Crippen LogP contribution < -0.4 is 10.1 Å². The lowest BCUT2D eigenvalue weighted by Crippen LogP contribution is -2.42. The Labute approximate surface area is 102 Å². The molecule has 1 heterocycles. The van der Waals surface area contributed by atoms with Gasteiger partial charge in [-0.05, 0) is 49.1 Å². The Morgan fingerprint density at radius 3 is 3.06 bits per heavy atom. The van der Waals surface area contributed by atoms with Crippen molar-refractivity contribution < 1.29 is 9.84 Å². The molecule has 17 heavy (non-hydrogen) atoms. The van der Waals surface area contributed by atoms with Crippen molar-refractivity contribution in [1.82, 2.24) is 5.32 Å². The molecule has 0 amide bonds. The van der Waals surface area contributed by atoms with Gasteiger partial charge < -0.3 is 15.2 Å². The zero-order valence-corrected chi connectivity index (χ0v) is 10.2. The van der Waals surface area contributed by atoms with Gasteiger partial charge in [0.2, 0.25) is 0 Å². The van der Waals surface area contributed by atoms with E-state index in [4.69, 9.17) is 4.74 Å². The maximum atomic E-state index is 10.6. The standard InChI is InChI=1S/C14H19NO2/c1-17-11-4-3-10-8-14(5-2-6-15-9-14)13(16)12(10)7-11/h3-4,7,13,15-16H,2,5-6,8-9H2,1H3. The lowest BCUT2D eigenvalue weighted by molar-refractivity contribution is 0.0199. The molecule has 3 rings (SSSR count). The second-order valence-corrected chi connectivity index (χ2v) is 5.29. The molecule has 0 bridgehead atoms. The quantitative estimate of drug-likeness (QED) is 0.775. The first kappa shape index (κ1) is 11.1. The maximum Gasteiger partial charge on any atom is 0.119 e. The molecular formula is C14H19NO2. The molecule has 1 saturated heterocycles. The molecule has 1 fully saturated rings. The third-order valence-corrected chi connectivity index (χ3v) is 4.28. The summed E-state index contributed by atoms with van der Waals surface area (Å²) < 4.78 is 5.24. The fourth-order valence-corrected chi connectivity index (χ4v) is 3.30. The largest absolute Gasteiger partial charge is 0.497 e. The summed E-state index contributed by atoms with van der Waals surface area (Å²) in [6, 6.07) is 6.07. The number of piperidine rings is 1. The van der Waals surface area contributed by atoms with Crippen LogP contribution in [0.1, 0.15) is 30.1 Å². The number of fused-ring (bicyclic) bond motifs is 1. The Kier molecular flexibility index (Phi) is 2.60. The molecule has 2 aliphatic rings. The highest BCUT2D eigenvalue weighted by Gasteiger charge is 2.45. The molecule has 2 unspecified atom stereocenters. The molecule has 3 heteroatoms. The molecule has 1 aliphatic carbocycles. The van der Waals surface area contributed by atoms with E-state index in [0.717, 1.165) is 43.7 Å². The van der Waals surface area contributed by atoms with E-state index in [1.54, 1.807) is 7.11 Å². The fourth-order valence-electron chi connectivity index (χ4n) is 3.30. The summed E-state index contributed by atoms with van der Waals surface area (Å²) in [7, 11) is 1.67. The summed E-state index contributed by atoms with van der Waals surface area (Å²) in [4.78, 5) is 0. The van der Waals surface area contributed by atoms with Crippen molar-refractivity contribution in [1.29, 1.82) is 0 Å². The minimum Gasteiger partial charge on any atom is -0.497 e. The highest BCUT2D eigenvalue weighted by molar-refractivity contribution is 5.42. The van der Waals surface area contributed by atoms with Crippen LogP contribution in [0, 0.1) is 5.41 Å². The van der Waals surface area contributed by atoms with Crippen molar-refractivity contribution >= 4 is 0 Å². The number of nitrogens with one attached hydrogen (secondary N) is 1. The molecule has 1 aliphatic heterocycles. The molecule has 0 aromatic heterocycles. The minimum absolute atomic E-state index is 0.0208. The summed E-state index contributed by atoms with van der Waals surface area (Å²) in [6.07, 6.45) is 2.90. The Bertz CT molecular complexity index is 424. The zero-order chi connectivity index (χ0) is 11.9. The number of benzene rings is 1. The smallest absolute Gasteiger partial charge is 0.119 e. The second-order valence-electron chi connectivity index (χ2n) is 5.29. The lowest BCUT2D eigenvalue weighted by atomic mass is 9.76. The fraction of sp³-hybridized carbons (Fsp3) is 0.571. The Morgan fingerprint density at radius 1 is 1.47 bits per heavy atom. The molecule has 1 spiro atoms. The normalized spacial score (nSPS) is 31.5. The van der Waals surface area contributed by atoms with E-state index in [1.807, 2.05) is 12.1 Å². The highest BCUT2D eigenvalue weighted by Crippen LogP contribution is 2.49. The monoisotopic (exact) mass is 233 g/mol. The van der Waals surface area contributed by atoms with Gasteiger partial charge in [0.15, 0.2) is 0 Å². The van der Waals surface area contributed by atoms with Crippen LogP contribution in [-0.4, -0.2) is 25.3 Å². The predicted molar refractivity (Wildman–Crippen MR) is 66.2 cm³/mol. The molecule has 1 aromatic carbocycles. The SMILES string of the molecule is COc1ccc2c(c1)C(O)C1(CCCNC1)C2. The average molecular weight is 233 g/mol. The highest BCUT2D eigenvalue weighted by atomic mass is 16.5. The van der Waals surface area contributed by atoms with Gasteiger partial charge in [-0.3, -0.25) is 0 Å². The van der Waals surface area contributed by atoms with Gasteiger partial charge >= 0.3 is 0 Å². The van der Waals surface area contributed by atoms with Crippen molar-refractivity contribution in [3.05, 3.63) is 29.3 Å². The molecule has 92 valence electrons. The van der Waals surface area contributed by atoms with Crippen molar-refractivity contribution in [3.8, 4) is 5.75 Å². The minimum atomic E-state index is -0.347. The molecule has 0 saturated carbocycles. The molecule has 2 atom stereocenters. The van der Waals surface area contributed by atoms with Crippen LogP contribution in [0.4, 0.5) is 0 Å². The molecule has 2 N–H and O–H groups in total.